The maximum atomic E-state index is 11.7. The molecule has 0 saturated heterocycles. The van der Waals surface area contributed by atoms with E-state index in [2.05, 4.69) is 19.2 Å². The molecular weight excluding hydrogens is 186 g/mol. The average Bonchev–Trinajstić information content (AvgIpc) is 2.15. The highest BCUT2D eigenvalue weighted by molar-refractivity contribution is 5.96. The van der Waals surface area contributed by atoms with Crippen LogP contribution in [0, 0.1) is 5.41 Å². The minimum atomic E-state index is -0.0163. The van der Waals surface area contributed by atoms with Crippen molar-refractivity contribution in [1.82, 2.24) is 5.32 Å². The minimum absolute atomic E-state index is 0.0163. The zero-order valence-corrected chi connectivity index (χ0v) is 9.08. The zero-order chi connectivity index (χ0) is 10.9. The second-order valence-electron chi connectivity index (χ2n) is 4.63. The third kappa shape index (κ3) is 2.09. The summed E-state index contributed by atoms with van der Waals surface area (Å²) in [5, 5.41) is 2.78. The number of hydrogen-bond acceptors (Lipinski definition) is 1. The predicted octanol–water partition coefficient (Wildman–Crippen LogP) is 2.51. The summed E-state index contributed by atoms with van der Waals surface area (Å²) in [7, 11) is 0. The number of amides is 1. The first kappa shape index (κ1) is 9.97. The molecule has 1 N–H and O–H groups in total. The lowest BCUT2D eigenvalue weighted by atomic mass is 9.83. The van der Waals surface area contributed by atoms with E-state index >= 15 is 0 Å². The van der Waals surface area contributed by atoms with E-state index in [1.54, 1.807) is 6.20 Å². The van der Waals surface area contributed by atoms with E-state index in [1.165, 1.54) is 0 Å². The van der Waals surface area contributed by atoms with Gasteiger partial charge in [-0.3, -0.25) is 4.79 Å². The van der Waals surface area contributed by atoms with Crippen LogP contribution in [0.25, 0.3) is 0 Å². The fraction of sp³-hybridized carbons (Fsp3) is 0.308. The van der Waals surface area contributed by atoms with Crippen LogP contribution in [-0.4, -0.2) is 5.91 Å². The Kier molecular flexibility index (Phi) is 2.35. The smallest absolute Gasteiger partial charge is 0.255 e. The fourth-order valence-corrected chi connectivity index (χ4v) is 1.87. The first-order valence-corrected chi connectivity index (χ1v) is 5.15. The fourth-order valence-electron chi connectivity index (χ4n) is 1.87. The third-order valence-electron chi connectivity index (χ3n) is 2.66. The number of benzene rings is 1. The monoisotopic (exact) mass is 201 g/mol. The number of hydrogen-bond donors (Lipinski definition) is 1. The van der Waals surface area contributed by atoms with Crippen LogP contribution in [0.1, 0.15) is 29.8 Å². The Hall–Kier alpha value is -1.57. The van der Waals surface area contributed by atoms with Crippen LogP contribution in [0.5, 0.6) is 0 Å². The van der Waals surface area contributed by atoms with E-state index in [-0.39, 0.29) is 11.3 Å². The summed E-state index contributed by atoms with van der Waals surface area (Å²) in [6.07, 6.45) is 4.69. The van der Waals surface area contributed by atoms with Crippen LogP contribution in [0.2, 0.25) is 0 Å². The molecular formula is C13H15NO. The van der Waals surface area contributed by atoms with Crippen LogP contribution in [0.4, 0.5) is 0 Å². The van der Waals surface area contributed by atoms with Gasteiger partial charge in [0.15, 0.2) is 0 Å². The highest BCUT2D eigenvalue weighted by Crippen LogP contribution is 2.26. The standard InChI is InChI=1S/C13H15NO/c1-13(2)7-8-14-12(15)11-6-4-3-5-10(11)9-13/h3-8H,9H2,1-2H3,(H,14,15). The van der Waals surface area contributed by atoms with E-state index in [4.69, 9.17) is 0 Å². The predicted molar refractivity (Wildman–Crippen MR) is 60.5 cm³/mol. The van der Waals surface area contributed by atoms with E-state index < -0.39 is 0 Å². The molecule has 0 bridgehead atoms. The quantitative estimate of drug-likeness (QED) is 0.686. The molecule has 0 saturated carbocycles. The first-order chi connectivity index (χ1) is 7.08. The summed E-state index contributed by atoms with van der Waals surface area (Å²) < 4.78 is 0. The Morgan fingerprint density at radius 1 is 1.27 bits per heavy atom. The first-order valence-electron chi connectivity index (χ1n) is 5.15. The van der Waals surface area contributed by atoms with Crippen molar-refractivity contribution in [2.24, 2.45) is 5.41 Å². The molecule has 0 fully saturated rings. The Balaban J connectivity index is 2.47. The molecule has 15 heavy (non-hydrogen) atoms. The van der Waals surface area contributed by atoms with E-state index in [9.17, 15) is 4.79 Å². The minimum Gasteiger partial charge on any atom is -0.329 e. The van der Waals surface area contributed by atoms with Crippen molar-refractivity contribution in [3.8, 4) is 0 Å². The molecule has 1 aliphatic rings. The number of carbonyl (C=O) groups excluding carboxylic acids is 1. The SMILES string of the molecule is CC1(C)C=CNC(=O)c2ccccc2C1. The molecule has 1 aliphatic heterocycles. The molecule has 0 aliphatic carbocycles. The number of nitrogens with one attached hydrogen (secondary N) is 1. The van der Waals surface area contributed by atoms with E-state index in [0.717, 1.165) is 17.5 Å². The second-order valence-corrected chi connectivity index (χ2v) is 4.63. The van der Waals surface area contributed by atoms with Crippen molar-refractivity contribution in [2.45, 2.75) is 20.3 Å². The summed E-state index contributed by atoms with van der Waals surface area (Å²) in [6, 6.07) is 7.78. The van der Waals surface area contributed by atoms with Gasteiger partial charge in [0, 0.05) is 11.8 Å². The van der Waals surface area contributed by atoms with Crippen LogP contribution in [0.15, 0.2) is 36.5 Å². The van der Waals surface area contributed by atoms with Crippen LogP contribution in [-0.2, 0) is 6.42 Å². The van der Waals surface area contributed by atoms with E-state index in [1.807, 2.05) is 30.3 Å². The average molecular weight is 201 g/mol. The van der Waals surface area contributed by atoms with Gasteiger partial charge in [-0.05, 0) is 23.5 Å². The lowest BCUT2D eigenvalue weighted by Gasteiger charge is -2.23. The van der Waals surface area contributed by atoms with Crippen molar-refractivity contribution in [1.29, 1.82) is 0 Å². The third-order valence-corrected chi connectivity index (χ3v) is 2.66. The summed E-state index contributed by atoms with van der Waals surface area (Å²) in [6.45, 7) is 4.33. The molecule has 1 heterocycles. The van der Waals surface area contributed by atoms with Gasteiger partial charge in [-0.1, -0.05) is 38.1 Å². The molecule has 0 atom stereocenters. The molecule has 2 nitrogen and oxygen atoms in total. The maximum absolute atomic E-state index is 11.7. The molecule has 1 amide bonds. The number of fused-ring (bicyclic) bond motifs is 1. The van der Waals surface area contributed by atoms with Gasteiger partial charge in [-0.15, -0.1) is 0 Å². The zero-order valence-electron chi connectivity index (χ0n) is 9.08. The van der Waals surface area contributed by atoms with Gasteiger partial charge >= 0.3 is 0 Å². The molecule has 78 valence electrons. The molecule has 0 spiro atoms. The number of allylic oxidation sites excluding steroid dienone is 1. The van der Waals surface area contributed by atoms with Crippen LogP contribution in [0.3, 0.4) is 0 Å². The Bertz CT molecular complexity index is 418. The number of carbonyl (C=O) groups is 1. The molecule has 0 unspecified atom stereocenters. The normalized spacial score (nSPS) is 18.7. The van der Waals surface area contributed by atoms with Gasteiger partial charge in [0.25, 0.3) is 5.91 Å². The second kappa shape index (κ2) is 3.54. The van der Waals surface area contributed by atoms with Gasteiger partial charge in [0.05, 0.1) is 0 Å². The summed E-state index contributed by atoms with van der Waals surface area (Å²) in [4.78, 5) is 11.7. The maximum Gasteiger partial charge on any atom is 0.255 e. The van der Waals surface area contributed by atoms with Crippen molar-refractivity contribution in [3.05, 3.63) is 47.7 Å². The Labute approximate surface area is 90.0 Å². The van der Waals surface area contributed by atoms with Gasteiger partial charge in [0.2, 0.25) is 0 Å². The van der Waals surface area contributed by atoms with Gasteiger partial charge in [-0.25, -0.2) is 0 Å². The molecule has 1 aromatic rings. The highest BCUT2D eigenvalue weighted by atomic mass is 16.1. The molecule has 2 heteroatoms. The van der Waals surface area contributed by atoms with Crippen molar-refractivity contribution in [2.75, 3.05) is 0 Å². The Morgan fingerprint density at radius 3 is 2.80 bits per heavy atom. The number of rotatable bonds is 0. The summed E-state index contributed by atoms with van der Waals surface area (Å²) in [5.41, 5.74) is 1.99. The molecule has 0 aromatic heterocycles. The lowest BCUT2D eigenvalue weighted by molar-refractivity contribution is 0.0967. The van der Waals surface area contributed by atoms with Gasteiger partial charge < -0.3 is 5.32 Å². The van der Waals surface area contributed by atoms with E-state index in [0.29, 0.717) is 0 Å². The Morgan fingerprint density at radius 2 is 2.00 bits per heavy atom. The summed E-state index contributed by atoms with van der Waals surface area (Å²) in [5.74, 6) is -0.0163. The van der Waals surface area contributed by atoms with Crippen LogP contribution < -0.4 is 5.32 Å². The van der Waals surface area contributed by atoms with Crippen molar-refractivity contribution < 1.29 is 4.79 Å². The largest absolute Gasteiger partial charge is 0.329 e. The van der Waals surface area contributed by atoms with Gasteiger partial charge in [0.1, 0.15) is 0 Å². The molecule has 2 rings (SSSR count). The van der Waals surface area contributed by atoms with Crippen molar-refractivity contribution in [3.63, 3.8) is 0 Å². The van der Waals surface area contributed by atoms with Crippen molar-refractivity contribution >= 4 is 5.91 Å². The highest BCUT2D eigenvalue weighted by Gasteiger charge is 2.20. The molecule has 1 aromatic carbocycles. The topological polar surface area (TPSA) is 29.1 Å². The van der Waals surface area contributed by atoms with Gasteiger partial charge in [-0.2, -0.15) is 0 Å². The lowest BCUT2D eigenvalue weighted by Crippen LogP contribution is -2.25. The summed E-state index contributed by atoms with van der Waals surface area (Å²) >= 11 is 0. The van der Waals surface area contributed by atoms with Crippen LogP contribution >= 0.6 is 0 Å². The molecule has 0 radical (unpaired) electrons.